The molecule has 1 saturated heterocycles. The number of benzene rings is 2. The van der Waals surface area contributed by atoms with Crippen molar-refractivity contribution in [2.75, 3.05) is 52.4 Å². The minimum absolute atomic E-state index is 0.0627. The van der Waals surface area contributed by atoms with Gasteiger partial charge in [-0.2, -0.15) is 0 Å². The Kier molecular flexibility index (Phi) is 6.47. The van der Waals surface area contributed by atoms with Crippen LogP contribution in [0.5, 0.6) is 17.2 Å². The Morgan fingerprint density at radius 1 is 0.929 bits per heavy atom. The van der Waals surface area contributed by atoms with Gasteiger partial charge in [-0.3, -0.25) is 0 Å². The molecule has 7 nitrogen and oxygen atoms in total. The molecule has 1 aliphatic rings. The Balaban J connectivity index is 1.56. The first-order valence-electron chi connectivity index (χ1n) is 9.28. The SMILES string of the molecule is COc1ccc(N2CCN(C(=O)NCc3ccccc3OC)CC2)c(OC)c1. The maximum atomic E-state index is 12.5. The Morgan fingerprint density at radius 2 is 1.64 bits per heavy atom. The number of urea groups is 1. The van der Waals surface area contributed by atoms with Crippen molar-refractivity contribution in [1.29, 1.82) is 0 Å². The van der Waals surface area contributed by atoms with Crippen molar-refractivity contribution in [3.8, 4) is 17.2 Å². The van der Waals surface area contributed by atoms with E-state index < -0.39 is 0 Å². The Hall–Kier alpha value is -3.09. The van der Waals surface area contributed by atoms with E-state index in [9.17, 15) is 4.79 Å². The molecule has 0 spiro atoms. The van der Waals surface area contributed by atoms with Gasteiger partial charge in [-0.1, -0.05) is 18.2 Å². The summed E-state index contributed by atoms with van der Waals surface area (Å²) >= 11 is 0. The van der Waals surface area contributed by atoms with Crippen LogP contribution in [0.1, 0.15) is 5.56 Å². The molecule has 0 aromatic heterocycles. The molecular formula is C21H27N3O4. The van der Waals surface area contributed by atoms with Crippen LogP contribution in [0.4, 0.5) is 10.5 Å². The molecule has 7 heteroatoms. The van der Waals surface area contributed by atoms with Crippen LogP contribution in [-0.2, 0) is 6.54 Å². The van der Waals surface area contributed by atoms with Gasteiger partial charge in [-0.25, -0.2) is 4.79 Å². The molecule has 3 rings (SSSR count). The summed E-state index contributed by atoms with van der Waals surface area (Å²) < 4.78 is 16.1. The Labute approximate surface area is 165 Å². The van der Waals surface area contributed by atoms with Gasteiger partial charge in [0, 0.05) is 44.4 Å². The van der Waals surface area contributed by atoms with Gasteiger partial charge >= 0.3 is 6.03 Å². The number of hydrogen-bond acceptors (Lipinski definition) is 5. The lowest BCUT2D eigenvalue weighted by atomic mass is 10.2. The number of carbonyl (C=O) groups is 1. The predicted octanol–water partition coefficient (Wildman–Crippen LogP) is 2.74. The molecular weight excluding hydrogens is 358 g/mol. The molecule has 0 saturated carbocycles. The molecule has 0 atom stereocenters. The first-order valence-corrected chi connectivity index (χ1v) is 9.28. The van der Waals surface area contributed by atoms with Crippen LogP contribution in [0.25, 0.3) is 0 Å². The number of nitrogens with one attached hydrogen (secondary N) is 1. The second-order valence-corrected chi connectivity index (χ2v) is 6.48. The van der Waals surface area contributed by atoms with E-state index in [2.05, 4.69) is 10.2 Å². The lowest BCUT2D eigenvalue weighted by Gasteiger charge is -2.36. The number of methoxy groups -OCH3 is 3. The summed E-state index contributed by atoms with van der Waals surface area (Å²) in [7, 11) is 4.92. The summed E-state index contributed by atoms with van der Waals surface area (Å²) in [5.74, 6) is 2.31. The molecule has 2 aromatic rings. The highest BCUT2D eigenvalue weighted by atomic mass is 16.5. The Bertz CT molecular complexity index is 804. The number of carbonyl (C=O) groups excluding carboxylic acids is 1. The van der Waals surface area contributed by atoms with E-state index in [1.807, 2.05) is 47.4 Å². The van der Waals surface area contributed by atoms with E-state index in [-0.39, 0.29) is 6.03 Å². The molecule has 1 fully saturated rings. The van der Waals surface area contributed by atoms with Crippen molar-refractivity contribution in [2.24, 2.45) is 0 Å². The number of hydrogen-bond donors (Lipinski definition) is 1. The second-order valence-electron chi connectivity index (χ2n) is 6.48. The van der Waals surface area contributed by atoms with Gasteiger partial charge < -0.3 is 29.3 Å². The minimum atomic E-state index is -0.0627. The van der Waals surface area contributed by atoms with Crippen LogP contribution in [-0.4, -0.2) is 58.4 Å². The average Bonchev–Trinajstić information content (AvgIpc) is 2.77. The minimum Gasteiger partial charge on any atom is -0.497 e. The van der Waals surface area contributed by atoms with Gasteiger partial charge in [-0.15, -0.1) is 0 Å². The van der Waals surface area contributed by atoms with Gasteiger partial charge in [0.05, 0.1) is 27.0 Å². The maximum Gasteiger partial charge on any atom is 0.317 e. The number of nitrogens with zero attached hydrogens (tertiary/aromatic N) is 2. The molecule has 0 bridgehead atoms. The number of anilines is 1. The van der Waals surface area contributed by atoms with Gasteiger partial charge in [-0.05, 0) is 18.2 Å². The highest BCUT2D eigenvalue weighted by Gasteiger charge is 2.23. The largest absolute Gasteiger partial charge is 0.497 e. The second kappa shape index (κ2) is 9.21. The van der Waals surface area contributed by atoms with Crippen LogP contribution in [0.3, 0.4) is 0 Å². The van der Waals surface area contributed by atoms with Crippen molar-refractivity contribution in [3.63, 3.8) is 0 Å². The standard InChI is InChI=1S/C21H27N3O4/c1-26-17-8-9-18(20(14-17)28-3)23-10-12-24(13-11-23)21(25)22-15-16-6-4-5-7-19(16)27-2/h4-9,14H,10-13,15H2,1-3H3,(H,22,25). The van der Waals surface area contributed by atoms with Gasteiger partial charge in [0.1, 0.15) is 17.2 Å². The zero-order valence-corrected chi connectivity index (χ0v) is 16.6. The summed E-state index contributed by atoms with van der Waals surface area (Å²) in [6, 6.07) is 13.4. The van der Waals surface area contributed by atoms with E-state index in [0.29, 0.717) is 19.6 Å². The maximum absolute atomic E-state index is 12.5. The van der Waals surface area contributed by atoms with E-state index in [4.69, 9.17) is 14.2 Å². The van der Waals surface area contributed by atoms with Crippen LogP contribution in [0, 0.1) is 0 Å². The summed E-state index contributed by atoms with van der Waals surface area (Å²) in [6.07, 6.45) is 0. The smallest absolute Gasteiger partial charge is 0.317 e. The van der Waals surface area contributed by atoms with Crippen LogP contribution >= 0.6 is 0 Å². The monoisotopic (exact) mass is 385 g/mol. The van der Waals surface area contributed by atoms with Crippen molar-refractivity contribution < 1.29 is 19.0 Å². The van der Waals surface area contributed by atoms with Crippen molar-refractivity contribution in [3.05, 3.63) is 48.0 Å². The van der Waals surface area contributed by atoms with Crippen LogP contribution in [0.15, 0.2) is 42.5 Å². The third-order valence-electron chi connectivity index (χ3n) is 4.92. The molecule has 1 N–H and O–H groups in total. The predicted molar refractivity (Wildman–Crippen MR) is 109 cm³/mol. The lowest BCUT2D eigenvalue weighted by molar-refractivity contribution is 0.193. The van der Waals surface area contributed by atoms with E-state index in [0.717, 1.165) is 41.6 Å². The quantitative estimate of drug-likeness (QED) is 0.828. The van der Waals surface area contributed by atoms with Crippen molar-refractivity contribution in [1.82, 2.24) is 10.2 Å². The molecule has 150 valence electrons. The average molecular weight is 385 g/mol. The summed E-state index contributed by atoms with van der Waals surface area (Å²) in [5.41, 5.74) is 1.97. The van der Waals surface area contributed by atoms with E-state index >= 15 is 0 Å². The zero-order valence-electron chi connectivity index (χ0n) is 16.6. The summed E-state index contributed by atoms with van der Waals surface area (Å²) in [6.45, 7) is 3.21. The molecule has 1 heterocycles. The highest BCUT2D eigenvalue weighted by molar-refractivity contribution is 5.75. The molecule has 28 heavy (non-hydrogen) atoms. The first kappa shape index (κ1) is 19.7. The van der Waals surface area contributed by atoms with E-state index in [1.54, 1.807) is 21.3 Å². The van der Waals surface area contributed by atoms with Crippen molar-refractivity contribution >= 4 is 11.7 Å². The molecule has 1 aliphatic heterocycles. The highest BCUT2D eigenvalue weighted by Crippen LogP contribution is 2.32. The number of para-hydroxylation sites is 1. The zero-order chi connectivity index (χ0) is 19.9. The van der Waals surface area contributed by atoms with E-state index in [1.165, 1.54) is 0 Å². The fraction of sp³-hybridized carbons (Fsp3) is 0.381. The third-order valence-corrected chi connectivity index (χ3v) is 4.92. The molecule has 0 aliphatic carbocycles. The molecule has 2 amide bonds. The fourth-order valence-electron chi connectivity index (χ4n) is 3.33. The number of piperazine rings is 1. The van der Waals surface area contributed by atoms with Crippen LogP contribution < -0.4 is 24.4 Å². The van der Waals surface area contributed by atoms with Gasteiger partial charge in [0.25, 0.3) is 0 Å². The fourth-order valence-corrected chi connectivity index (χ4v) is 3.33. The number of amides is 2. The number of ether oxygens (including phenoxy) is 3. The lowest BCUT2D eigenvalue weighted by Crippen LogP contribution is -2.51. The van der Waals surface area contributed by atoms with Gasteiger partial charge in [0.15, 0.2) is 0 Å². The Morgan fingerprint density at radius 3 is 2.32 bits per heavy atom. The number of rotatable bonds is 6. The summed E-state index contributed by atoms with van der Waals surface area (Å²) in [5, 5.41) is 2.98. The molecule has 2 aromatic carbocycles. The molecule has 0 radical (unpaired) electrons. The summed E-state index contributed by atoms with van der Waals surface area (Å²) in [4.78, 5) is 16.6. The first-order chi connectivity index (χ1) is 13.7. The van der Waals surface area contributed by atoms with Crippen LogP contribution in [0.2, 0.25) is 0 Å². The van der Waals surface area contributed by atoms with Crippen molar-refractivity contribution in [2.45, 2.75) is 6.54 Å². The third kappa shape index (κ3) is 4.42. The topological polar surface area (TPSA) is 63.3 Å². The van der Waals surface area contributed by atoms with Gasteiger partial charge in [0.2, 0.25) is 0 Å². The normalized spacial score (nSPS) is 13.8. The molecule has 0 unspecified atom stereocenters.